The standard InChI is InChI=1S/C14H17F2NO2/c1-14(2,7-18)17-13(19)9-6-8(9)12-10(15)4-3-5-11(12)16/h3-5,8-9,18H,6-7H2,1-2H3,(H,17,19). The Morgan fingerprint density at radius 3 is 2.53 bits per heavy atom. The summed E-state index contributed by atoms with van der Waals surface area (Å²) in [5.41, 5.74) is -0.734. The molecule has 1 saturated carbocycles. The van der Waals surface area contributed by atoms with E-state index in [4.69, 9.17) is 5.11 Å². The first-order valence-electron chi connectivity index (χ1n) is 6.22. The van der Waals surface area contributed by atoms with Crippen LogP contribution in [0.2, 0.25) is 0 Å². The lowest BCUT2D eigenvalue weighted by Crippen LogP contribution is -2.47. The molecule has 0 radical (unpaired) electrons. The molecule has 0 aliphatic heterocycles. The number of halogens is 2. The van der Waals surface area contributed by atoms with E-state index in [1.165, 1.54) is 18.2 Å². The minimum Gasteiger partial charge on any atom is -0.394 e. The maximum Gasteiger partial charge on any atom is 0.224 e. The van der Waals surface area contributed by atoms with E-state index in [0.29, 0.717) is 6.42 Å². The minimum atomic E-state index is -0.724. The Hall–Kier alpha value is -1.49. The third-order valence-corrected chi connectivity index (χ3v) is 3.35. The van der Waals surface area contributed by atoms with Crippen molar-refractivity contribution in [1.82, 2.24) is 5.32 Å². The van der Waals surface area contributed by atoms with Gasteiger partial charge in [0.1, 0.15) is 11.6 Å². The van der Waals surface area contributed by atoms with E-state index >= 15 is 0 Å². The van der Waals surface area contributed by atoms with Crippen molar-refractivity contribution in [3.8, 4) is 0 Å². The minimum absolute atomic E-state index is 0.00976. The highest BCUT2D eigenvalue weighted by atomic mass is 19.1. The van der Waals surface area contributed by atoms with Crippen LogP contribution < -0.4 is 5.32 Å². The molecule has 1 amide bonds. The fourth-order valence-electron chi connectivity index (χ4n) is 2.13. The molecule has 3 nitrogen and oxygen atoms in total. The van der Waals surface area contributed by atoms with E-state index < -0.39 is 29.0 Å². The van der Waals surface area contributed by atoms with Gasteiger partial charge >= 0.3 is 0 Å². The Morgan fingerprint density at radius 1 is 1.42 bits per heavy atom. The Bertz CT molecular complexity index is 482. The van der Waals surface area contributed by atoms with E-state index in [9.17, 15) is 13.6 Å². The van der Waals surface area contributed by atoms with Gasteiger partial charge in [-0.15, -0.1) is 0 Å². The monoisotopic (exact) mass is 269 g/mol. The van der Waals surface area contributed by atoms with Gasteiger partial charge in [0.05, 0.1) is 12.1 Å². The molecule has 2 unspecified atom stereocenters. The summed E-state index contributed by atoms with van der Waals surface area (Å²) >= 11 is 0. The van der Waals surface area contributed by atoms with Gasteiger partial charge in [-0.2, -0.15) is 0 Å². The lowest BCUT2D eigenvalue weighted by molar-refractivity contribution is -0.124. The van der Waals surface area contributed by atoms with Crippen molar-refractivity contribution in [3.63, 3.8) is 0 Å². The predicted molar refractivity (Wildman–Crippen MR) is 66.5 cm³/mol. The Balaban J connectivity index is 2.07. The van der Waals surface area contributed by atoms with Crippen molar-refractivity contribution < 1.29 is 18.7 Å². The predicted octanol–water partition coefficient (Wildman–Crippen LogP) is 1.96. The second kappa shape index (κ2) is 4.89. The quantitative estimate of drug-likeness (QED) is 0.877. The van der Waals surface area contributed by atoms with Crippen LogP contribution in [-0.2, 0) is 4.79 Å². The maximum absolute atomic E-state index is 13.6. The van der Waals surface area contributed by atoms with Crippen LogP contribution in [0, 0.1) is 17.6 Å². The first kappa shape index (κ1) is 13.9. The first-order valence-corrected chi connectivity index (χ1v) is 6.22. The fourth-order valence-corrected chi connectivity index (χ4v) is 2.13. The van der Waals surface area contributed by atoms with Crippen molar-refractivity contribution in [2.45, 2.75) is 31.7 Å². The molecule has 2 atom stereocenters. The number of nitrogens with one attached hydrogen (secondary N) is 1. The number of hydrogen-bond acceptors (Lipinski definition) is 2. The molecule has 19 heavy (non-hydrogen) atoms. The van der Waals surface area contributed by atoms with Crippen LogP contribution in [0.1, 0.15) is 31.7 Å². The van der Waals surface area contributed by atoms with Crippen LogP contribution >= 0.6 is 0 Å². The average molecular weight is 269 g/mol. The number of aliphatic hydroxyl groups is 1. The molecular weight excluding hydrogens is 252 g/mol. The second-order valence-corrected chi connectivity index (χ2v) is 5.62. The number of rotatable bonds is 4. The number of benzene rings is 1. The Kier molecular flexibility index (Phi) is 3.58. The van der Waals surface area contributed by atoms with Gasteiger partial charge in [0.25, 0.3) is 0 Å². The summed E-state index contributed by atoms with van der Waals surface area (Å²) in [4.78, 5) is 11.9. The molecule has 0 heterocycles. The van der Waals surface area contributed by atoms with Gasteiger partial charge in [-0.3, -0.25) is 4.79 Å². The molecule has 0 saturated heterocycles. The molecule has 1 aliphatic rings. The van der Waals surface area contributed by atoms with Crippen molar-refractivity contribution >= 4 is 5.91 Å². The zero-order valence-electron chi connectivity index (χ0n) is 10.9. The number of carbonyl (C=O) groups is 1. The molecule has 1 aromatic rings. The van der Waals surface area contributed by atoms with E-state index in [-0.39, 0.29) is 18.1 Å². The normalized spacial score (nSPS) is 22.2. The van der Waals surface area contributed by atoms with Gasteiger partial charge in [-0.05, 0) is 32.4 Å². The summed E-state index contributed by atoms with van der Waals surface area (Å²) in [7, 11) is 0. The van der Waals surface area contributed by atoms with Crippen LogP contribution in [0.5, 0.6) is 0 Å². The summed E-state index contributed by atoms with van der Waals surface area (Å²) in [5, 5.41) is 11.8. The topological polar surface area (TPSA) is 49.3 Å². The molecule has 0 aromatic heterocycles. The van der Waals surface area contributed by atoms with Crippen molar-refractivity contribution in [2.24, 2.45) is 5.92 Å². The van der Waals surface area contributed by atoms with Gasteiger partial charge in [0.15, 0.2) is 0 Å². The van der Waals surface area contributed by atoms with Crippen LogP contribution in [-0.4, -0.2) is 23.2 Å². The highest BCUT2D eigenvalue weighted by Crippen LogP contribution is 2.49. The number of hydrogen-bond donors (Lipinski definition) is 2. The molecule has 5 heteroatoms. The summed E-state index contributed by atoms with van der Waals surface area (Å²) in [6.45, 7) is 3.18. The summed E-state index contributed by atoms with van der Waals surface area (Å²) < 4.78 is 27.1. The lowest BCUT2D eigenvalue weighted by Gasteiger charge is -2.23. The van der Waals surface area contributed by atoms with E-state index in [1.807, 2.05) is 0 Å². The van der Waals surface area contributed by atoms with E-state index in [1.54, 1.807) is 13.8 Å². The fraction of sp³-hybridized carbons (Fsp3) is 0.500. The van der Waals surface area contributed by atoms with Gasteiger partial charge in [-0.1, -0.05) is 6.07 Å². The highest BCUT2D eigenvalue weighted by molar-refractivity contribution is 5.83. The van der Waals surface area contributed by atoms with Crippen molar-refractivity contribution in [3.05, 3.63) is 35.4 Å². The third kappa shape index (κ3) is 2.92. The van der Waals surface area contributed by atoms with Gasteiger partial charge in [0.2, 0.25) is 5.91 Å². The van der Waals surface area contributed by atoms with Crippen LogP contribution in [0.4, 0.5) is 8.78 Å². The Morgan fingerprint density at radius 2 is 2.00 bits per heavy atom. The van der Waals surface area contributed by atoms with Crippen molar-refractivity contribution in [1.29, 1.82) is 0 Å². The van der Waals surface area contributed by atoms with Crippen LogP contribution in [0.25, 0.3) is 0 Å². The lowest BCUT2D eigenvalue weighted by atomic mass is 10.0. The molecule has 0 bridgehead atoms. The number of carbonyl (C=O) groups excluding carboxylic acids is 1. The zero-order valence-corrected chi connectivity index (χ0v) is 10.9. The number of amides is 1. The average Bonchev–Trinajstić information content (AvgIpc) is 3.08. The summed E-state index contributed by atoms with van der Waals surface area (Å²) in [6.07, 6.45) is 0.436. The molecule has 1 aromatic carbocycles. The van der Waals surface area contributed by atoms with Gasteiger partial charge in [0, 0.05) is 17.4 Å². The molecule has 0 spiro atoms. The molecular formula is C14H17F2NO2. The SMILES string of the molecule is CC(C)(CO)NC(=O)C1CC1c1c(F)cccc1F. The van der Waals surface area contributed by atoms with E-state index in [2.05, 4.69) is 5.32 Å². The molecule has 104 valence electrons. The largest absolute Gasteiger partial charge is 0.394 e. The second-order valence-electron chi connectivity index (χ2n) is 5.62. The van der Waals surface area contributed by atoms with E-state index in [0.717, 1.165) is 0 Å². The van der Waals surface area contributed by atoms with Crippen LogP contribution in [0.15, 0.2) is 18.2 Å². The smallest absolute Gasteiger partial charge is 0.224 e. The summed E-state index contributed by atoms with van der Waals surface area (Å²) in [6, 6.07) is 3.70. The molecule has 1 aliphatic carbocycles. The third-order valence-electron chi connectivity index (χ3n) is 3.35. The molecule has 1 fully saturated rings. The molecule has 2 rings (SSSR count). The maximum atomic E-state index is 13.6. The Labute approximate surface area is 110 Å². The number of aliphatic hydroxyl groups excluding tert-OH is 1. The van der Waals surface area contributed by atoms with Crippen molar-refractivity contribution in [2.75, 3.05) is 6.61 Å². The summed E-state index contributed by atoms with van der Waals surface area (Å²) in [5.74, 6) is -2.32. The first-order chi connectivity index (χ1) is 8.85. The highest BCUT2D eigenvalue weighted by Gasteiger charge is 2.47. The van der Waals surface area contributed by atoms with Crippen LogP contribution in [0.3, 0.4) is 0 Å². The van der Waals surface area contributed by atoms with Gasteiger partial charge in [-0.25, -0.2) is 8.78 Å². The van der Waals surface area contributed by atoms with Gasteiger partial charge < -0.3 is 10.4 Å². The zero-order chi connectivity index (χ0) is 14.2. The molecule has 2 N–H and O–H groups in total.